The van der Waals surface area contributed by atoms with Crippen molar-refractivity contribution < 1.29 is 9.90 Å². The second-order valence-electron chi connectivity index (χ2n) is 2.49. The van der Waals surface area contributed by atoms with E-state index in [0.717, 1.165) is 4.57 Å². The number of hydrogen-bond donors (Lipinski definition) is 1. The van der Waals surface area contributed by atoms with Gasteiger partial charge in [-0.1, -0.05) is 0 Å². The van der Waals surface area contributed by atoms with Gasteiger partial charge in [-0.2, -0.15) is 0 Å². The van der Waals surface area contributed by atoms with Crippen molar-refractivity contribution in [3.8, 4) is 5.88 Å². The highest BCUT2D eigenvalue weighted by Gasteiger charge is 2.05. The van der Waals surface area contributed by atoms with Crippen LogP contribution in [-0.4, -0.2) is 20.5 Å². The van der Waals surface area contributed by atoms with Gasteiger partial charge in [-0.25, -0.2) is 4.79 Å². The van der Waals surface area contributed by atoms with Crippen LogP contribution in [0.15, 0.2) is 11.0 Å². The molecular weight excluding hydrogens is 160 g/mol. The molecule has 5 nitrogen and oxygen atoms in total. The Kier molecular flexibility index (Phi) is 2.32. The van der Waals surface area contributed by atoms with Crippen LogP contribution in [0.2, 0.25) is 0 Å². The van der Waals surface area contributed by atoms with Gasteiger partial charge in [0.05, 0.1) is 6.20 Å². The number of rotatable bonds is 3. The lowest BCUT2D eigenvalue weighted by Crippen LogP contribution is -2.22. The van der Waals surface area contributed by atoms with Crippen molar-refractivity contribution in [1.29, 1.82) is 0 Å². The molecular formula is C7H10N2O3. The zero-order valence-corrected chi connectivity index (χ0v) is 6.73. The van der Waals surface area contributed by atoms with E-state index >= 15 is 0 Å². The Bertz CT molecular complexity index is 337. The van der Waals surface area contributed by atoms with Crippen molar-refractivity contribution in [1.82, 2.24) is 9.13 Å². The third-order valence-electron chi connectivity index (χ3n) is 1.59. The number of imidazole rings is 1. The van der Waals surface area contributed by atoms with Crippen LogP contribution >= 0.6 is 0 Å². The summed E-state index contributed by atoms with van der Waals surface area (Å²) in [6.45, 7) is 0.231. The summed E-state index contributed by atoms with van der Waals surface area (Å²) in [4.78, 5) is 21.1. The highest BCUT2D eigenvalue weighted by molar-refractivity contribution is 5.49. The molecule has 0 aliphatic heterocycles. The fourth-order valence-corrected chi connectivity index (χ4v) is 0.979. The molecule has 0 aliphatic carbocycles. The second-order valence-corrected chi connectivity index (χ2v) is 2.49. The van der Waals surface area contributed by atoms with Crippen molar-refractivity contribution in [2.45, 2.75) is 13.0 Å². The van der Waals surface area contributed by atoms with Gasteiger partial charge >= 0.3 is 5.69 Å². The maximum atomic E-state index is 11.1. The topological polar surface area (TPSA) is 64.2 Å². The van der Waals surface area contributed by atoms with Crippen LogP contribution in [0.5, 0.6) is 5.88 Å². The number of aryl methyl sites for hydroxylation is 1. The molecule has 0 aliphatic rings. The molecule has 0 radical (unpaired) electrons. The molecule has 0 saturated heterocycles. The van der Waals surface area contributed by atoms with E-state index in [1.54, 1.807) is 7.05 Å². The van der Waals surface area contributed by atoms with E-state index in [9.17, 15) is 9.59 Å². The van der Waals surface area contributed by atoms with Gasteiger partial charge in [-0.3, -0.25) is 9.13 Å². The Hall–Kier alpha value is -1.52. The highest BCUT2D eigenvalue weighted by Crippen LogP contribution is 2.04. The van der Waals surface area contributed by atoms with Gasteiger partial charge in [-0.05, 0) is 0 Å². The zero-order chi connectivity index (χ0) is 9.14. The summed E-state index contributed by atoms with van der Waals surface area (Å²) in [6, 6.07) is 0. The molecule has 5 heteroatoms. The minimum atomic E-state index is -0.311. The molecule has 0 unspecified atom stereocenters. The summed E-state index contributed by atoms with van der Waals surface area (Å²) in [5.74, 6) is -0.107. The Morgan fingerprint density at radius 3 is 2.75 bits per heavy atom. The molecule has 66 valence electrons. The van der Waals surface area contributed by atoms with Gasteiger partial charge in [0.25, 0.3) is 0 Å². The molecule has 0 amide bonds. The number of aromatic hydroxyl groups is 1. The van der Waals surface area contributed by atoms with Crippen LogP contribution < -0.4 is 5.69 Å². The van der Waals surface area contributed by atoms with Gasteiger partial charge in [0.1, 0.15) is 6.29 Å². The molecule has 0 fully saturated rings. The summed E-state index contributed by atoms with van der Waals surface area (Å²) in [6.07, 6.45) is 2.25. The summed E-state index contributed by atoms with van der Waals surface area (Å²) >= 11 is 0. The van der Waals surface area contributed by atoms with E-state index in [0.29, 0.717) is 6.29 Å². The first-order valence-electron chi connectivity index (χ1n) is 3.55. The molecule has 1 N–H and O–H groups in total. The fourth-order valence-electron chi connectivity index (χ4n) is 0.979. The summed E-state index contributed by atoms with van der Waals surface area (Å²) < 4.78 is 2.41. The van der Waals surface area contributed by atoms with Crippen LogP contribution in [0.25, 0.3) is 0 Å². The van der Waals surface area contributed by atoms with Crippen molar-refractivity contribution >= 4 is 6.29 Å². The number of carbonyl (C=O) groups excluding carboxylic acids is 1. The molecule has 1 heterocycles. The Morgan fingerprint density at radius 1 is 1.67 bits per heavy atom. The predicted molar refractivity (Wildman–Crippen MR) is 42.0 cm³/mol. The van der Waals surface area contributed by atoms with Crippen LogP contribution in [-0.2, 0) is 18.4 Å². The highest BCUT2D eigenvalue weighted by atomic mass is 16.3. The van der Waals surface area contributed by atoms with Gasteiger partial charge < -0.3 is 9.90 Å². The van der Waals surface area contributed by atoms with Crippen molar-refractivity contribution in [3.63, 3.8) is 0 Å². The standard InChI is InChI=1S/C7H10N2O3/c1-8-5-6(11)9(7(8)12)3-2-4-10/h4-5,11H,2-3H2,1H3. The molecule has 0 aromatic carbocycles. The summed E-state index contributed by atoms with van der Waals surface area (Å²) in [5.41, 5.74) is -0.311. The minimum Gasteiger partial charge on any atom is -0.493 e. The second kappa shape index (κ2) is 3.25. The molecule has 1 aromatic rings. The summed E-state index contributed by atoms with van der Waals surface area (Å²) in [5, 5.41) is 9.17. The number of nitrogens with zero attached hydrogens (tertiary/aromatic N) is 2. The Morgan fingerprint density at radius 2 is 2.33 bits per heavy atom. The smallest absolute Gasteiger partial charge is 0.330 e. The van der Waals surface area contributed by atoms with Gasteiger partial charge in [0.2, 0.25) is 5.88 Å². The van der Waals surface area contributed by atoms with Gasteiger partial charge in [0.15, 0.2) is 0 Å². The minimum absolute atomic E-state index is 0.107. The number of carbonyl (C=O) groups is 1. The molecule has 0 spiro atoms. The first-order chi connectivity index (χ1) is 5.66. The van der Waals surface area contributed by atoms with Crippen molar-refractivity contribution in [2.24, 2.45) is 7.05 Å². The van der Waals surface area contributed by atoms with Gasteiger partial charge in [0, 0.05) is 20.0 Å². The van der Waals surface area contributed by atoms with Crippen LogP contribution in [0, 0.1) is 0 Å². The lowest BCUT2D eigenvalue weighted by molar-refractivity contribution is -0.108. The molecule has 0 saturated carbocycles. The Balaban J connectivity index is 2.97. The van der Waals surface area contributed by atoms with Crippen molar-refractivity contribution in [3.05, 3.63) is 16.7 Å². The monoisotopic (exact) mass is 170 g/mol. The van der Waals surface area contributed by atoms with Crippen LogP contribution in [0.1, 0.15) is 6.42 Å². The van der Waals surface area contributed by atoms with E-state index < -0.39 is 0 Å². The quantitative estimate of drug-likeness (QED) is 0.621. The lowest BCUT2D eigenvalue weighted by Gasteiger charge is -1.96. The van der Waals surface area contributed by atoms with Crippen LogP contribution in [0.3, 0.4) is 0 Å². The third-order valence-corrected chi connectivity index (χ3v) is 1.59. The molecule has 0 atom stereocenters. The van der Waals surface area contributed by atoms with E-state index in [-0.39, 0.29) is 24.5 Å². The number of hydrogen-bond acceptors (Lipinski definition) is 3. The molecule has 0 bridgehead atoms. The average Bonchev–Trinajstić information content (AvgIpc) is 2.25. The molecule has 1 aromatic heterocycles. The van der Waals surface area contributed by atoms with Crippen LogP contribution in [0.4, 0.5) is 0 Å². The molecule has 1 rings (SSSR count). The van der Waals surface area contributed by atoms with E-state index in [4.69, 9.17) is 5.11 Å². The fraction of sp³-hybridized carbons (Fsp3) is 0.429. The first kappa shape index (κ1) is 8.58. The normalized spacial score (nSPS) is 10.1. The summed E-state index contributed by atoms with van der Waals surface area (Å²) in [7, 11) is 1.54. The van der Waals surface area contributed by atoms with Crippen molar-refractivity contribution in [2.75, 3.05) is 0 Å². The molecule has 12 heavy (non-hydrogen) atoms. The Labute approximate surface area is 68.9 Å². The van der Waals surface area contributed by atoms with E-state index in [1.807, 2.05) is 0 Å². The van der Waals surface area contributed by atoms with Gasteiger partial charge in [-0.15, -0.1) is 0 Å². The maximum absolute atomic E-state index is 11.1. The average molecular weight is 170 g/mol. The van der Waals surface area contributed by atoms with E-state index in [1.165, 1.54) is 10.8 Å². The lowest BCUT2D eigenvalue weighted by atomic mass is 10.5. The number of aromatic nitrogens is 2. The predicted octanol–water partition coefficient (Wildman–Crippen LogP) is -0.519. The first-order valence-corrected chi connectivity index (χ1v) is 3.55. The van der Waals surface area contributed by atoms with E-state index in [2.05, 4.69) is 0 Å². The largest absolute Gasteiger partial charge is 0.493 e. The SMILES string of the molecule is Cn1cc(O)n(CCC=O)c1=O. The number of aldehydes is 1. The maximum Gasteiger partial charge on any atom is 0.330 e. The third kappa shape index (κ3) is 1.39. The zero-order valence-electron chi connectivity index (χ0n) is 6.73.